The summed E-state index contributed by atoms with van der Waals surface area (Å²) in [6.45, 7) is 0. The molecule has 0 aliphatic carbocycles. The zero-order valence-electron chi connectivity index (χ0n) is 23.3. The van der Waals surface area contributed by atoms with Crippen molar-refractivity contribution in [1.82, 2.24) is 49.5 Å². The van der Waals surface area contributed by atoms with Crippen LogP contribution in [0.1, 0.15) is 0 Å². The molecule has 0 aromatic carbocycles. The van der Waals surface area contributed by atoms with Crippen LogP contribution in [0.4, 0.5) is 0 Å². The van der Waals surface area contributed by atoms with E-state index in [9.17, 15) is 0 Å². The number of halogens is 1. The van der Waals surface area contributed by atoms with Gasteiger partial charge in [0.05, 0.1) is 22.8 Å². The molecule has 0 amide bonds. The zero-order chi connectivity index (χ0) is 29.6. The minimum Gasteiger partial charge on any atom is -0.267 e. The first kappa shape index (κ1) is 27.7. The topological polar surface area (TPSA) is 113 Å². The Hall–Kier alpha value is -5.42. The molecule has 0 saturated carbocycles. The van der Waals surface area contributed by atoms with Crippen molar-refractivity contribution in [3.63, 3.8) is 0 Å². The zero-order valence-corrected chi connectivity index (χ0v) is 24.9. The normalized spacial score (nSPS) is 10.7. The Morgan fingerprint density at radius 2 is 1.07 bits per heavy atom. The van der Waals surface area contributed by atoms with E-state index < -0.39 is 0 Å². The van der Waals surface area contributed by atoms with Crippen LogP contribution in [0.2, 0.25) is 0 Å². The lowest BCUT2D eigenvalue weighted by molar-refractivity contribution is 0.777. The number of hydrogen-bond donors (Lipinski definition) is 0. The molecule has 11 heteroatoms. The van der Waals surface area contributed by atoms with Crippen LogP contribution in [0, 0.1) is 0 Å². The van der Waals surface area contributed by atoms with E-state index in [0.717, 1.165) is 55.6 Å². The van der Waals surface area contributed by atoms with E-state index in [0.29, 0.717) is 5.82 Å². The van der Waals surface area contributed by atoms with E-state index in [4.69, 9.17) is 0 Å². The molecule has 7 heterocycles. The number of aromatic nitrogens is 10. The van der Waals surface area contributed by atoms with Crippen LogP contribution in [-0.4, -0.2) is 49.5 Å². The Bertz CT molecular complexity index is 1960. The lowest BCUT2D eigenvalue weighted by atomic mass is 10.1. The maximum Gasteiger partial charge on any atom is 0.178 e. The van der Waals surface area contributed by atoms with Crippen LogP contribution in [-0.2, 0) is 14.1 Å². The van der Waals surface area contributed by atoms with Crippen LogP contribution in [0.3, 0.4) is 0 Å². The molecule has 7 aromatic rings. The Morgan fingerprint density at radius 1 is 0.535 bits per heavy atom. The molecule has 7 rings (SSSR count). The van der Waals surface area contributed by atoms with Gasteiger partial charge in [-0.2, -0.15) is 10.2 Å². The Labute approximate surface area is 256 Å². The van der Waals surface area contributed by atoms with Gasteiger partial charge in [-0.15, -0.1) is 0 Å². The molecule has 0 aliphatic rings. The van der Waals surface area contributed by atoms with Gasteiger partial charge in [0.15, 0.2) is 5.82 Å². The van der Waals surface area contributed by atoms with E-state index in [1.165, 1.54) is 0 Å². The Balaban J connectivity index is 0.000000157. The first-order valence-electron chi connectivity index (χ1n) is 13.3. The van der Waals surface area contributed by atoms with Crippen molar-refractivity contribution in [1.29, 1.82) is 0 Å². The molecule has 0 N–H and O–H groups in total. The largest absolute Gasteiger partial charge is 0.267 e. The fourth-order valence-corrected chi connectivity index (χ4v) is 4.78. The van der Waals surface area contributed by atoms with Crippen LogP contribution < -0.4 is 0 Å². The summed E-state index contributed by atoms with van der Waals surface area (Å²) >= 11 is 3.37. The van der Waals surface area contributed by atoms with Crippen molar-refractivity contribution in [2.75, 3.05) is 0 Å². The van der Waals surface area contributed by atoms with Crippen LogP contribution in [0.15, 0.2) is 121 Å². The molecule has 210 valence electrons. The van der Waals surface area contributed by atoms with Crippen molar-refractivity contribution >= 4 is 15.9 Å². The predicted molar refractivity (Wildman–Crippen MR) is 168 cm³/mol. The van der Waals surface area contributed by atoms with Gasteiger partial charge in [0.25, 0.3) is 0 Å². The van der Waals surface area contributed by atoms with Gasteiger partial charge in [-0.25, -0.2) is 19.9 Å². The number of pyridine rings is 4. The molecule has 0 unspecified atom stereocenters. The van der Waals surface area contributed by atoms with Crippen molar-refractivity contribution in [2.45, 2.75) is 0 Å². The maximum atomic E-state index is 4.64. The average Bonchev–Trinajstić information content (AvgIpc) is 3.65. The molecule has 7 aromatic heterocycles. The van der Waals surface area contributed by atoms with Gasteiger partial charge in [-0.3, -0.25) is 19.3 Å². The van der Waals surface area contributed by atoms with Crippen molar-refractivity contribution < 1.29 is 0 Å². The number of rotatable bonds is 5. The molecular weight excluding hydrogens is 604 g/mol. The number of hydrogen-bond acceptors (Lipinski definition) is 8. The first-order valence-corrected chi connectivity index (χ1v) is 14.1. The Morgan fingerprint density at radius 3 is 1.60 bits per heavy atom. The molecule has 0 fully saturated rings. The molecule has 10 nitrogen and oxygen atoms in total. The summed E-state index contributed by atoms with van der Waals surface area (Å²) in [4.78, 5) is 25.9. The Kier molecular flexibility index (Phi) is 8.14. The SMILES string of the molecule is Cn1nc(-c2cccc(-c3ncccn3)n2)cc1-c1cccnc1.Cn1nc(-c2cccc(Br)n2)cc1-c1cccnc1. The number of nitrogens with zero attached hydrogens (tertiary/aromatic N) is 10. The summed E-state index contributed by atoms with van der Waals surface area (Å²) in [6, 6.07) is 25.2. The summed E-state index contributed by atoms with van der Waals surface area (Å²) in [6.07, 6.45) is 10.6. The summed E-state index contributed by atoms with van der Waals surface area (Å²) in [5.41, 5.74) is 8.07. The van der Waals surface area contributed by atoms with E-state index in [2.05, 4.69) is 56.0 Å². The molecule has 0 aliphatic heterocycles. The third kappa shape index (κ3) is 6.41. The van der Waals surface area contributed by atoms with Gasteiger partial charge < -0.3 is 0 Å². The van der Waals surface area contributed by atoms with Crippen molar-refractivity contribution in [3.8, 4) is 56.8 Å². The highest BCUT2D eigenvalue weighted by Crippen LogP contribution is 2.26. The van der Waals surface area contributed by atoms with E-state index in [1.807, 2.05) is 109 Å². The summed E-state index contributed by atoms with van der Waals surface area (Å²) < 4.78 is 4.48. The quantitative estimate of drug-likeness (QED) is 0.204. The van der Waals surface area contributed by atoms with Gasteiger partial charge >= 0.3 is 0 Å². The van der Waals surface area contributed by atoms with Gasteiger partial charge in [0, 0.05) is 62.4 Å². The molecule has 0 spiro atoms. The highest BCUT2D eigenvalue weighted by Gasteiger charge is 2.12. The minimum absolute atomic E-state index is 0.600. The second kappa shape index (κ2) is 12.6. The fourth-order valence-electron chi connectivity index (χ4n) is 4.44. The van der Waals surface area contributed by atoms with E-state index in [-0.39, 0.29) is 0 Å². The van der Waals surface area contributed by atoms with Crippen molar-refractivity contribution in [3.05, 3.63) is 121 Å². The van der Waals surface area contributed by atoms with Crippen LogP contribution in [0.5, 0.6) is 0 Å². The third-order valence-corrected chi connectivity index (χ3v) is 6.90. The highest BCUT2D eigenvalue weighted by molar-refractivity contribution is 9.10. The molecular formula is C32H25BrN10. The lowest BCUT2D eigenvalue weighted by Gasteiger charge is -2.00. The van der Waals surface area contributed by atoms with Crippen LogP contribution in [0.25, 0.3) is 56.8 Å². The lowest BCUT2D eigenvalue weighted by Crippen LogP contribution is -1.95. The first-order chi connectivity index (χ1) is 21.0. The molecule has 0 bridgehead atoms. The second-order valence-corrected chi connectivity index (χ2v) is 10.2. The average molecular weight is 630 g/mol. The summed E-state index contributed by atoms with van der Waals surface area (Å²) in [5.74, 6) is 0.600. The van der Waals surface area contributed by atoms with Crippen molar-refractivity contribution in [2.24, 2.45) is 14.1 Å². The van der Waals surface area contributed by atoms with Gasteiger partial charge in [-0.05, 0) is 82.7 Å². The minimum atomic E-state index is 0.600. The highest BCUT2D eigenvalue weighted by atomic mass is 79.9. The molecule has 0 radical (unpaired) electrons. The van der Waals surface area contributed by atoms with E-state index >= 15 is 0 Å². The third-order valence-electron chi connectivity index (χ3n) is 6.46. The van der Waals surface area contributed by atoms with Gasteiger partial charge in [-0.1, -0.05) is 12.1 Å². The predicted octanol–water partition coefficient (Wildman–Crippen LogP) is 6.31. The van der Waals surface area contributed by atoms with Gasteiger partial charge in [0.2, 0.25) is 0 Å². The van der Waals surface area contributed by atoms with Crippen LogP contribution >= 0.6 is 15.9 Å². The van der Waals surface area contributed by atoms with E-state index in [1.54, 1.807) is 30.9 Å². The summed E-state index contributed by atoms with van der Waals surface area (Å²) in [5, 5.41) is 9.08. The second-order valence-electron chi connectivity index (χ2n) is 9.39. The molecule has 0 saturated heterocycles. The number of aryl methyl sites for hydroxylation is 2. The van der Waals surface area contributed by atoms with Gasteiger partial charge in [0.1, 0.15) is 21.7 Å². The maximum absolute atomic E-state index is 4.64. The molecule has 0 atom stereocenters. The standard InChI is InChI=1S/C18H14N6.C14H11BrN4/c1-24-17(13-5-3-8-19-12-13)11-16(23-24)14-6-2-7-15(22-14)18-20-9-4-10-21-18;1-19-13(10-4-3-7-16-9-10)8-12(18-19)11-5-2-6-14(15)17-11/h2-12H,1H3;2-9H,1H3. The fraction of sp³-hybridized carbons (Fsp3) is 0.0625. The summed E-state index contributed by atoms with van der Waals surface area (Å²) in [7, 11) is 3.83. The smallest absolute Gasteiger partial charge is 0.178 e. The monoisotopic (exact) mass is 628 g/mol. The molecule has 43 heavy (non-hydrogen) atoms.